The van der Waals surface area contributed by atoms with Crippen LogP contribution in [0.3, 0.4) is 0 Å². The van der Waals surface area contributed by atoms with Gasteiger partial charge < -0.3 is 15.2 Å². The van der Waals surface area contributed by atoms with Crippen molar-refractivity contribution in [3.8, 4) is 0 Å². The van der Waals surface area contributed by atoms with E-state index in [1.807, 2.05) is 30.5 Å². The van der Waals surface area contributed by atoms with Gasteiger partial charge in [-0.25, -0.2) is 9.97 Å². The van der Waals surface area contributed by atoms with Gasteiger partial charge >= 0.3 is 0 Å². The molecule has 1 amide bonds. The van der Waals surface area contributed by atoms with Crippen molar-refractivity contribution in [1.29, 1.82) is 0 Å². The third kappa shape index (κ3) is 4.13. The fourth-order valence-corrected chi connectivity index (χ4v) is 2.66. The zero-order chi connectivity index (χ0) is 16.2. The van der Waals surface area contributed by atoms with E-state index in [0.717, 1.165) is 11.5 Å². The molecule has 0 bridgehead atoms. The van der Waals surface area contributed by atoms with E-state index in [0.29, 0.717) is 22.4 Å². The summed E-state index contributed by atoms with van der Waals surface area (Å²) in [5, 5.41) is 12.1. The van der Waals surface area contributed by atoms with E-state index in [1.165, 1.54) is 11.3 Å². The van der Waals surface area contributed by atoms with Gasteiger partial charge in [0, 0.05) is 17.1 Å². The number of carbonyl (C=O) groups is 1. The second-order valence-corrected chi connectivity index (χ2v) is 5.84. The van der Waals surface area contributed by atoms with Gasteiger partial charge in [0.1, 0.15) is 11.6 Å². The SMILES string of the molecule is Cc1cccc(Nc2nc(CC(=O)Nc3cc(C)on3)cs2)n1. The van der Waals surface area contributed by atoms with Gasteiger partial charge in [0.2, 0.25) is 5.91 Å². The van der Waals surface area contributed by atoms with E-state index in [-0.39, 0.29) is 12.3 Å². The van der Waals surface area contributed by atoms with E-state index < -0.39 is 0 Å². The van der Waals surface area contributed by atoms with Crippen LogP contribution in [0.4, 0.5) is 16.8 Å². The summed E-state index contributed by atoms with van der Waals surface area (Å²) in [7, 11) is 0. The second-order valence-electron chi connectivity index (χ2n) is 4.98. The zero-order valence-corrected chi connectivity index (χ0v) is 13.5. The van der Waals surface area contributed by atoms with Crippen molar-refractivity contribution in [2.45, 2.75) is 20.3 Å². The Labute approximate surface area is 136 Å². The van der Waals surface area contributed by atoms with Crippen molar-refractivity contribution in [2.24, 2.45) is 0 Å². The van der Waals surface area contributed by atoms with Gasteiger partial charge in [-0.3, -0.25) is 4.79 Å². The monoisotopic (exact) mass is 329 g/mol. The molecule has 7 nitrogen and oxygen atoms in total. The van der Waals surface area contributed by atoms with Gasteiger partial charge in [0.25, 0.3) is 0 Å². The van der Waals surface area contributed by atoms with Gasteiger partial charge in [-0.05, 0) is 26.0 Å². The predicted octanol–water partition coefficient (Wildman–Crippen LogP) is 3.07. The number of aromatic nitrogens is 3. The number of nitrogens with one attached hydrogen (secondary N) is 2. The van der Waals surface area contributed by atoms with Crippen LogP contribution >= 0.6 is 11.3 Å². The van der Waals surface area contributed by atoms with Gasteiger partial charge in [0.15, 0.2) is 10.9 Å². The molecule has 8 heteroatoms. The Hall–Kier alpha value is -2.74. The van der Waals surface area contributed by atoms with Crippen LogP contribution in [0.5, 0.6) is 0 Å². The smallest absolute Gasteiger partial charge is 0.231 e. The van der Waals surface area contributed by atoms with Crippen LogP contribution in [0, 0.1) is 13.8 Å². The van der Waals surface area contributed by atoms with Crippen molar-refractivity contribution >= 4 is 34.0 Å². The molecule has 23 heavy (non-hydrogen) atoms. The Morgan fingerprint density at radius 1 is 1.26 bits per heavy atom. The number of amides is 1. The molecular weight excluding hydrogens is 314 g/mol. The molecular formula is C15H15N5O2S. The minimum Gasteiger partial charge on any atom is -0.360 e. The van der Waals surface area contributed by atoms with E-state index in [9.17, 15) is 4.79 Å². The van der Waals surface area contributed by atoms with Crippen LogP contribution in [0.2, 0.25) is 0 Å². The molecule has 2 N–H and O–H groups in total. The molecule has 0 radical (unpaired) electrons. The Balaban J connectivity index is 1.59. The largest absolute Gasteiger partial charge is 0.360 e. The number of rotatable bonds is 5. The zero-order valence-electron chi connectivity index (χ0n) is 12.7. The lowest BCUT2D eigenvalue weighted by Gasteiger charge is -2.02. The molecule has 3 rings (SSSR count). The molecule has 0 fully saturated rings. The Morgan fingerprint density at radius 3 is 2.87 bits per heavy atom. The average Bonchev–Trinajstić information content (AvgIpc) is 3.08. The molecule has 0 spiro atoms. The first-order valence-electron chi connectivity index (χ1n) is 6.97. The maximum Gasteiger partial charge on any atom is 0.231 e. The van der Waals surface area contributed by atoms with Crippen LogP contribution in [-0.2, 0) is 11.2 Å². The Morgan fingerprint density at radius 2 is 2.13 bits per heavy atom. The lowest BCUT2D eigenvalue weighted by molar-refractivity contribution is -0.115. The van der Waals surface area contributed by atoms with Crippen molar-refractivity contribution in [2.75, 3.05) is 10.6 Å². The molecule has 0 saturated carbocycles. The number of pyridine rings is 1. The molecule has 0 aliphatic rings. The van der Waals surface area contributed by atoms with Crippen LogP contribution in [-0.4, -0.2) is 21.0 Å². The average molecular weight is 329 g/mol. The summed E-state index contributed by atoms with van der Waals surface area (Å²) in [6, 6.07) is 7.38. The standard InChI is InChI=1S/C15H15N5O2S/c1-9-4-3-5-12(16-9)19-15-17-11(8-23-15)7-14(21)18-13-6-10(2)22-20-13/h3-6,8H,7H2,1-2H3,(H,16,17,19)(H,18,20,21). The molecule has 3 aromatic rings. The molecule has 118 valence electrons. The van der Waals surface area contributed by atoms with Crippen LogP contribution < -0.4 is 10.6 Å². The topological polar surface area (TPSA) is 92.9 Å². The number of carbonyl (C=O) groups excluding carboxylic acids is 1. The van der Waals surface area contributed by atoms with E-state index >= 15 is 0 Å². The fraction of sp³-hybridized carbons (Fsp3) is 0.200. The number of thiazole rings is 1. The molecule has 3 heterocycles. The lowest BCUT2D eigenvalue weighted by Crippen LogP contribution is -2.14. The summed E-state index contributed by atoms with van der Waals surface area (Å²) >= 11 is 1.43. The number of aryl methyl sites for hydroxylation is 2. The first kappa shape index (κ1) is 15.2. The van der Waals surface area contributed by atoms with E-state index in [2.05, 4.69) is 25.8 Å². The maximum absolute atomic E-state index is 11.9. The molecule has 3 aromatic heterocycles. The molecule has 0 aliphatic carbocycles. The predicted molar refractivity (Wildman–Crippen MR) is 87.9 cm³/mol. The number of hydrogen-bond acceptors (Lipinski definition) is 7. The van der Waals surface area contributed by atoms with Crippen molar-refractivity contribution in [3.63, 3.8) is 0 Å². The first-order valence-corrected chi connectivity index (χ1v) is 7.85. The molecule has 0 saturated heterocycles. The van der Waals surface area contributed by atoms with Crippen LogP contribution in [0.15, 0.2) is 34.2 Å². The number of anilines is 3. The molecule has 0 atom stereocenters. The minimum absolute atomic E-state index is 0.172. The third-order valence-electron chi connectivity index (χ3n) is 2.91. The summed E-state index contributed by atoms with van der Waals surface area (Å²) in [6.45, 7) is 3.69. The van der Waals surface area contributed by atoms with Gasteiger partial charge in [0.05, 0.1) is 12.1 Å². The van der Waals surface area contributed by atoms with Gasteiger partial charge in [-0.15, -0.1) is 11.3 Å². The Bertz CT molecular complexity index is 827. The molecule has 0 aliphatic heterocycles. The molecule has 0 aromatic carbocycles. The maximum atomic E-state index is 11.9. The number of hydrogen-bond donors (Lipinski definition) is 2. The quantitative estimate of drug-likeness (QED) is 0.747. The highest BCUT2D eigenvalue weighted by molar-refractivity contribution is 7.13. The van der Waals surface area contributed by atoms with Crippen LogP contribution in [0.25, 0.3) is 0 Å². The lowest BCUT2D eigenvalue weighted by atomic mass is 10.3. The summed E-state index contributed by atoms with van der Waals surface area (Å²) in [6.07, 6.45) is 0.172. The fourth-order valence-electron chi connectivity index (χ4n) is 1.94. The summed E-state index contributed by atoms with van der Waals surface area (Å²) in [5.74, 6) is 1.59. The van der Waals surface area contributed by atoms with Crippen molar-refractivity contribution in [3.05, 3.63) is 46.8 Å². The minimum atomic E-state index is -0.191. The van der Waals surface area contributed by atoms with Crippen molar-refractivity contribution in [1.82, 2.24) is 15.1 Å². The summed E-state index contributed by atoms with van der Waals surface area (Å²) in [4.78, 5) is 20.7. The highest BCUT2D eigenvalue weighted by Gasteiger charge is 2.10. The number of nitrogens with zero attached hydrogens (tertiary/aromatic N) is 3. The highest BCUT2D eigenvalue weighted by Crippen LogP contribution is 2.20. The highest BCUT2D eigenvalue weighted by atomic mass is 32.1. The molecule has 0 unspecified atom stereocenters. The second kappa shape index (κ2) is 6.57. The van der Waals surface area contributed by atoms with Gasteiger partial charge in [-0.2, -0.15) is 0 Å². The summed E-state index contributed by atoms with van der Waals surface area (Å²) in [5.41, 5.74) is 1.61. The normalized spacial score (nSPS) is 10.5. The van der Waals surface area contributed by atoms with Gasteiger partial charge in [-0.1, -0.05) is 11.2 Å². The van der Waals surface area contributed by atoms with Crippen LogP contribution in [0.1, 0.15) is 17.1 Å². The first-order chi connectivity index (χ1) is 11.1. The van der Waals surface area contributed by atoms with Crippen molar-refractivity contribution < 1.29 is 9.32 Å². The third-order valence-corrected chi connectivity index (χ3v) is 3.72. The summed E-state index contributed by atoms with van der Waals surface area (Å²) < 4.78 is 4.90. The Kier molecular flexibility index (Phi) is 4.33. The van der Waals surface area contributed by atoms with E-state index in [4.69, 9.17) is 4.52 Å². The van der Waals surface area contributed by atoms with E-state index in [1.54, 1.807) is 13.0 Å².